The summed E-state index contributed by atoms with van der Waals surface area (Å²) in [6, 6.07) is 32.0. The monoisotopic (exact) mass is 825 g/mol. The van der Waals surface area contributed by atoms with Crippen LogP contribution in [0.25, 0.3) is 34.4 Å². The summed E-state index contributed by atoms with van der Waals surface area (Å²) < 4.78 is 0.0755. The topological polar surface area (TPSA) is 0 Å². The van der Waals surface area contributed by atoms with E-state index in [4.69, 9.17) is 17.0 Å². The molecule has 0 N–H and O–H groups in total. The van der Waals surface area contributed by atoms with Gasteiger partial charge in [-0.15, -0.1) is 0 Å². The van der Waals surface area contributed by atoms with Crippen LogP contribution in [0.15, 0.2) is 96.1 Å². The minimum absolute atomic E-state index is 0.0378. The molecule has 0 amide bonds. The fourth-order valence-corrected chi connectivity index (χ4v) is 40.8. The Kier molecular flexibility index (Phi) is 11.4. The summed E-state index contributed by atoms with van der Waals surface area (Å²) in [6.07, 6.45) is 12.0. The molecule has 4 aromatic rings. The average Bonchev–Trinajstić information content (AvgIpc) is 3.72. The zero-order valence-electron chi connectivity index (χ0n) is 33.5. The molecule has 0 bridgehead atoms. The Morgan fingerprint density at radius 1 is 0.558 bits per heavy atom. The summed E-state index contributed by atoms with van der Waals surface area (Å²) >= 11 is -5.07. The van der Waals surface area contributed by atoms with E-state index in [1.807, 2.05) is 0 Å². The number of rotatable bonds is 11. The van der Waals surface area contributed by atoms with Crippen LogP contribution in [0.1, 0.15) is 122 Å². The molecule has 0 aromatic heterocycles. The first-order chi connectivity index (χ1) is 24.5. The van der Waals surface area contributed by atoms with Crippen LogP contribution in [0.4, 0.5) is 0 Å². The quantitative estimate of drug-likeness (QED) is 0.132. The van der Waals surface area contributed by atoms with Gasteiger partial charge in [-0.25, -0.2) is 0 Å². The van der Waals surface area contributed by atoms with Gasteiger partial charge in [-0.3, -0.25) is 0 Å². The van der Waals surface area contributed by atoms with E-state index in [1.165, 1.54) is 92.5 Å². The molecule has 2 unspecified atom stereocenters. The van der Waals surface area contributed by atoms with Gasteiger partial charge in [-0.05, 0) is 0 Å². The summed E-state index contributed by atoms with van der Waals surface area (Å²) in [7, 11) is 18.0. The molecule has 6 rings (SSSR count). The fraction of sp³-hybridized carbons (Fsp3) is 0.417. The molecule has 0 nitrogen and oxygen atoms in total. The van der Waals surface area contributed by atoms with Crippen LogP contribution in [-0.2, 0) is 28.4 Å². The maximum absolute atomic E-state index is 9.00. The van der Waals surface area contributed by atoms with Crippen LogP contribution in [-0.4, -0.2) is 5.92 Å². The van der Waals surface area contributed by atoms with E-state index in [2.05, 4.69) is 166 Å². The SMILES string of the molecule is CCCCc1ccc2c(c1-c1ccccc1)C=C(C(C)(C)C)[CH]2[Zr]([Cl])([Cl])([CH]1C(C(C)(C)C)=Cc2c1ccc(CCCC)c2-c1ccccc1)[SiH](C)C. The van der Waals surface area contributed by atoms with Gasteiger partial charge < -0.3 is 0 Å². The molecule has 0 saturated carbocycles. The van der Waals surface area contributed by atoms with Crippen molar-refractivity contribution < 1.29 is 15.6 Å². The van der Waals surface area contributed by atoms with Gasteiger partial charge in [0.25, 0.3) is 0 Å². The summed E-state index contributed by atoms with van der Waals surface area (Å²) in [5.74, 6) is -1.74. The molecule has 0 spiro atoms. The van der Waals surface area contributed by atoms with E-state index in [0.717, 1.165) is 12.8 Å². The second-order valence-electron chi connectivity index (χ2n) is 18.1. The van der Waals surface area contributed by atoms with Crippen LogP contribution in [0.5, 0.6) is 0 Å². The Morgan fingerprint density at radius 2 is 0.923 bits per heavy atom. The predicted octanol–water partition coefficient (Wildman–Crippen LogP) is 15.4. The number of aryl methyl sites for hydroxylation is 2. The normalized spacial score (nSPS) is 18.1. The Hall–Kier alpha value is -1.96. The first-order valence-corrected chi connectivity index (χ1v) is 36.3. The molecule has 0 fully saturated rings. The first-order valence-electron chi connectivity index (χ1n) is 20.0. The Morgan fingerprint density at radius 3 is 1.23 bits per heavy atom. The van der Waals surface area contributed by atoms with Crippen molar-refractivity contribution in [3.05, 3.63) is 129 Å². The van der Waals surface area contributed by atoms with Crippen molar-refractivity contribution >= 4 is 35.1 Å². The van der Waals surface area contributed by atoms with Crippen molar-refractivity contribution in [1.82, 2.24) is 0 Å². The van der Waals surface area contributed by atoms with Gasteiger partial charge in [0.05, 0.1) is 0 Å². The van der Waals surface area contributed by atoms with Crippen LogP contribution in [0.2, 0.25) is 13.1 Å². The molecule has 4 heteroatoms. The molecule has 275 valence electrons. The standard InChI is InChI=1S/2C23H27.C2H7Si.2ClH.Zr/c2*1-5-6-10-18-13-14-19-15-20(23(2,3)4)16-21(19)22(18)17-11-8-7-9-12-17;1-3-2;;;/h2*7-9,11-16H,5-6,10H2,1-4H3;3H,1-2H3;2*1H;/q;;;;;+2/p-2. The third-order valence-electron chi connectivity index (χ3n) is 12.2. The number of fused-ring (bicyclic) bond motifs is 2. The van der Waals surface area contributed by atoms with Crippen LogP contribution in [0, 0.1) is 10.8 Å². The molecule has 0 radical (unpaired) electrons. The van der Waals surface area contributed by atoms with Gasteiger partial charge in [0.15, 0.2) is 0 Å². The van der Waals surface area contributed by atoms with E-state index in [9.17, 15) is 0 Å². The Balaban J connectivity index is 1.69. The van der Waals surface area contributed by atoms with E-state index in [-0.39, 0.29) is 18.1 Å². The zero-order valence-corrected chi connectivity index (χ0v) is 38.6. The van der Waals surface area contributed by atoms with Gasteiger partial charge in [0, 0.05) is 0 Å². The van der Waals surface area contributed by atoms with Gasteiger partial charge in [0.1, 0.15) is 0 Å². The third kappa shape index (κ3) is 6.91. The van der Waals surface area contributed by atoms with Crippen molar-refractivity contribution in [2.75, 3.05) is 0 Å². The van der Waals surface area contributed by atoms with Crippen LogP contribution >= 0.6 is 17.0 Å². The average molecular weight is 828 g/mol. The number of unbranched alkanes of at least 4 members (excludes halogenated alkanes) is 2. The zero-order chi connectivity index (χ0) is 37.7. The number of hydrogen-bond donors (Lipinski definition) is 0. The van der Waals surface area contributed by atoms with Crippen molar-refractivity contribution in [3.63, 3.8) is 0 Å². The van der Waals surface area contributed by atoms with Crippen LogP contribution < -0.4 is 0 Å². The molecule has 2 aliphatic rings. The third-order valence-corrected chi connectivity index (χ3v) is 63.8. The fourth-order valence-electron chi connectivity index (χ4n) is 9.35. The van der Waals surface area contributed by atoms with Crippen molar-refractivity contribution in [2.24, 2.45) is 10.8 Å². The van der Waals surface area contributed by atoms with E-state index < -0.39 is 21.5 Å². The predicted molar refractivity (Wildman–Crippen MR) is 232 cm³/mol. The Bertz CT molecular complexity index is 1850. The molecule has 0 saturated heterocycles. The van der Waals surface area contributed by atoms with E-state index in [1.54, 1.807) is 0 Å². The van der Waals surface area contributed by atoms with Crippen LogP contribution in [0.3, 0.4) is 0 Å². The second kappa shape index (κ2) is 14.9. The molecule has 2 atom stereocenters. The molecule has 52 heavy (non-hydrogen) atoms. The summed E-state index contributed by atoms with van der Waals surface area (Å²) in [6.45, 7) is 23.9. The number of halogens is 2. The van der Waals surface area contributed by atoms with Gasteiger partial charge in [-0.2, -0.15) is 0 Å². The van der Waals surface area contributed by atoms with Crippen molar-refractivity contribution in [3.8, 4) is 22.3 Å². The van der Waals surface area contributed by atoms with E-state index in [0.29, 0.717) is 0 Å². The summed E-state index contributed by atoms with van der Waals surface area (Å²) in [5.41, 5.74) is 16.4. The summed E-state index contributed by atoms with van der Waals surface area (Å²) in [5, 5.41) is 0. The summed E-state index contributed by atoms with van der Waals surface area (Å²) in [4.78, 5) is 0. The molecular weight excluding hydrogens is 767 g/mol. The Labute approximate surface area is 324 Å². The van der Waals surface area contributed by atoms with Crippen molar-refractivity contribution in [1.29, 1.82) is 0 Å². The van der Waals surface area contributed by atoms with Gasteiger partial charge in [-0.1, -0.05) is 0 Å². The first kappa shape index (κ1) is 39.7. The molecule has 4 aromatic carbocycles. The van der Waals surface area contributed by atoms with Gasteiger partial charge in [0.2, 0.25) is 0 Å². The number of allylic oxidation sites excluding steroid dienone is 2. The van der Waals surface area contributed by atoms with Gasteiger partial charge >= 0.3 is 327 Å². The number of benzene rings is 4. The second-order valence-corrected chi connectivity index (χ2v) is 60.6. The minimum atomic E-state index is -5.07. The van der Waals surface area contributed by atoms with E-state index >= 15 is 0 Å². The molecular formula is C48H61Cl2SiZr. The van der Waals surface area contributed by atoms with Crippen molar-refractivity contribution in [2.45, 2.75) is 114 Å². The maximum atomic E-state index is 9.00. The molecule has 2 aliphatic carbocycles. The number of hydrogen-bond acceptors (Lipinski definition) is 0. The molecule has 0 aliphatic heterocycles. The molecule has 0 heterocycles.